The number of ether oxygens (including phenoxy) is 1. The highest BCUT2D eigenvalue weighted by atomic mass is 32.2. The van der Waals surface area contributed by atoms with Crippen LogP contribution < -0.4 is 9.46 Å². The van der Waals surface area contributed by atoms with Crippen LogP contribution in [0.5, 0.6) is 5.75 Å². The fourth-order valence-electron chi connectivity index (χ4n) is 3.33. The number of aryl methyl sites for hydroxylation is 1. The van der Waals surface area contributed by atoms with Gasteiger partial charge in [-0.1, -0.05) is 36.4 Å². The van der Waals surface area contributed by atoms with Crippen LogP contribution in [0.4, 0.5) is 13.2 Å². The maximum absolute atomic E-state index is 12.6. The molecule has 0 aromatic heterocycles. The van der Waals surface area contributed by atoms with E-state index in [9.17, 15) is 31.5 Å². The molecular weight excluding hydrogens is 471 g/mol. The fraction of sp³-hybridized carbons (Fsp3) is 0.208. The Balaban J connectivity index is 0.00000432. The molecule has 0 aliphatic heterocycles. The first kappa shape index (κ1) is 25.3. The molecule has 0 amide bonds. The van der Waals surface area contributed by atoms with Crippen molar-refractivity contribution >= 4 is 16.0 Å². The third-order valence-electron chi connectivity index (χ3n) is 5.26. The molecule has 10 heteroatoms. The molecule has 0 spiro atoms. The summed E-state index contributed by atoms with van der Waals surface area (Å²) in [7, 11) is -3.90. The minimum atomic E-state index is -4.75. The zero-order valence-corrected chi connectivity index (χ0v) is 19.1. The Morgan fingerprint density at radius 3 is 2.09 bits per heavy atom. The Kier molecular flexibility index (Phi) is 7.32. The number of hydrogen-bond donors (Lipinski definition) is 2. The standard InChI is InChI=1S/C24H22F3NO5S.H2/c1-15-13-21(14-22(16(15)2)23(29)30)34(31,32)28-12-11-17-3-5-18(6-4-17)19-7-9-20(10-8-19)33-24(25,26)27;/h3-10,13-14,28H,11-12H2,1-2H3,(H,29,30);1H. The van der Waals surface area contributed by atoms with Gasteiger partial charge >= 0.3 is 12.3 Å². The van der Waals surface area contributed by atoms with E-state index in [0.717, 1.165) is 17.2 Å². The molecule has 0 bridgehead atoms. The number of aromatic carboxylic acids is 1. The average Bonchev–Trinajstić information content (AvgIpc) is 2.75. The van der Waals surface area contributed by atoms with Gasteiger partial charge in [0.05, 0.1) is 10.5 Å². The predicted molar refractivity (Wildman–Crippen MR) is 122 cm³/mol. The summed E-state index contributed by atoms with van der Waals surface area (Å²) in [5, 5.41) is 9.30. The molecule has 0 unspecified atom stereocenters. The van der Waals surface area contributed by atoms with Gasteiger partial charge in [0, 0.05) is 7.97 Å². The highest BCUT2D eigenvalue weighted by molar-refractivity contribution is 7.89. The number of sulfonamides is 1. The van der Waals surface area contributed by atoms with Crippen molar-refractivity contribution in [2.24, 2.45) is 0 Å². The molecule has 2 N–H and O–H groups in total. The molecule has 0 fully saturated rings. The lowest BCUT2D eigenvalue weighted by Crippen LogP contribution is -2.26. The van der Waals surface area contributed by atoms with Crippen LogP contribution in [0.1, 0.15) is 28.5 Å². The van der Waals surface area contributed by atoms with Crippen molar-refractivity contribution in [3.8, 4) is 16.9 Å². The maximum Gasteiger partial charge on any atom is 0.573 e. The van der Waals surface area contributed by atoms with E-state index < -0.39 is 22.4 Å². The monoisotopic (exact) mass is 495 g/mol. The topological polar surface area (TPSA) is 92.7 Å². The Hall–Kier alpha value is -3.37. The van der Waals surface area contributed by atoms with Gasteiger partial charge in [-0.3, -0.25) is 0 Å². The SMILES string of the molecule is Cc1cc(S(=O)(=O)NCCc2ccc(-c3ccc(OC(F)(F)F)cc3)cc2)cc(C(=O)O)c1C.[HH]. The van der Waals surface area contributed by atoms with Gasteiger partial charge in [0.25, 0.3) is 0 Å². The van der Waals surface area contributed by atoms with Gasteiger partial charge in [-0.2, -0.15) is 0 Å². The van der Waals surface area contributed by atoms with Gasteiger partial charge in [-0.25, -0.2) is 17.9 Å². The van der Waals surface area contributed by atoms with Crippen LogP contribution in [0.25, 0.3) is 11.1 Å². The number of nitrogens with one attached hydrogen (secondary N) is 1. The van der Waals surface area contributed by atoms with Crippen molar-refractivity contribution in [2.45, 2.75) is 31.5 Å². The summed E-state index contributed by atoms with van der Waals surface area (Å²) < 4.78 is 68.4. The largest absolute Gasteiger partial charge is 0.573 e. The van der Waals surface area contributed by atoms with Crippen LogP contribution >= 0.6 is 0 Å². The molecule has 3 aromatic rings. The third kappa shape index (κ3) is 6.36. The summed E-state index contributed by atoms with van der Waals surface area (Å²) in [6.07, 6.45) is -4.37. The maximum atomic E-state index is 12.6. The van der Waals surface area contributed by atoms with E-state index in [4.69, 9.17) is 0 Å². The lowest BCUT2D eigenvalue weighted by Gasteiger charge is -2.11. The Labute approximate surface area is 196 Å². The number of hydrogen-bond acceptors (Lipinski definition) is 4. The zero-order chi connectivity index (χ0) is 25.1. The van der Waals surface area contributed by atoms with E-state index in [1.165, 1.54) is 30.3 Å². The number of carboxylic acid groups (broad SMARTS) is 1. The van der Waals surface area contributed by atoms with Crippen molar-refractivity contribution < 1.29 is 37.7 Å². The fourth-order valence-corrected chi connectivity index (χ4v) is 4.47. The van der Waals surface area contributed by atoms with Crippen molar-refractivity contribution in [3.05, 3.63) is 82.9 Å². The summed E-state index contributed by atoms with van der Waals surface area (Å²) in [4.78, 5) is 11.3. The predicted octanol–water partition coefficient (Wildman–Crippen LogP) is 5.33. The molecule has 0 atom stereocenters. The molecule has 3 aromatic carbocycles. The van der Waals surface area contributed by atoms with Crippen LogP contribution in [0.2, 0.25) is 0 Å². The van der Waals surface area contributed by atoms with E-state index in [2.05, 4.69) is 9.46 Å². The molecule has 3 rings (SSSR count). The number of carbonyl (C=O) groups is 1. The van der Waals surface area contributed by atoms with Crippen LogP contribution in [0.3, 0.4) is 0 Å². The van der Waals surface area contributed by atoms with Crippen molar-refractivity contribution in [3.63, 3.8) is 0 Å². The molecule has 0 aliphatic rings. The first-order valence-electron chi connectivity index (χ1n) is 10.1. The first-order chi connectivity index (χ1) is 15.9. The lowest BCUT2D eigenvalue weighted by molar-refractivity contribution is -0.274. The number of benzene rings is 3. The van der Waals surface area contributed by atoms with E-state index in [1.54, 1.807) is 38.1 Å². The second kappa shape index (κ2) is 9.86. The number of rotatable bonds is 8. The summed E-state index contributed by atoms with van der Waals surface area (Å²) in [6.45, 7) is 3.37. The average molecular weight is 496 g/mol. The smallest absolute Gasteiger partial charge is 0.478 e. The quantitative estimate of drug-likeness (QED) is 0.440. The summed E-state index contributed by atoms with van der Waals surface area (Å²) in [5.74, 6) is -1.50. The third-order valence-corrected chi connectivity index (χ3v) is 6.70. The second-order valence-corrected chi connectivity index (χ2v) is 9.40. The lowest BCUT2D eigenvalue weighted by atomic mass is 10.0. The summed E-state index contributed by atoms with van der Waals surface area (Å²) in [5.41, 5.74) is 3.33. The van der Waals surface area contributed by atoms with Crippen LogP contribution in [-0.2, 0) is 16.4 Å². The molecule has 0 heterocycles. The number of carboxylic acids is 1. The van der Waals surface area contributed by atoms with E-state index >= 15 is 0 Å². The minimum absolute atomic E-state index is 0. The van der Waals surface area contributed by atoms with Gasteiger partial charge in [-0.15, -0.1) is 13.2 Å². The van der Waals surface area contributed by atoms with Gasteiger partial charge < -0.3 is 9.84 Å². The molecular formula is C24H24F3NO5S. The van der Waals surface area contributed by atoms with Crippen LogP contribution in [0, 0.1) is 13.8 Å². The second-order valence-electron chi connectivity index (χ2n) is 7.63. The number of alkyl halides is 3. The van der Waals surface area contributed by atoms with Crippen molar-refractivity contribution in [1.82, 2.24) is 4.72 Å². The van der Waals surface area contributed by atoms with Gasteiger partial charge in [0.2, 0.25) is 10.0 Å². The summed E-state index contributed by atoms with van der Waals surface area (Å²) in [6, 6.07) is 15.2. The number of halogens is 3. The van der Waals surface area contributed by atoms with Crippen LogP contribution in [0.15, 0.2) is 65.6 Å². The van der Waals surface area contributed by atoms with Gasteiger partial charge in [-0.05, 0) is 72.4 Å². The van der Waals surface area contributed by atoms with Gasteiger partial charge in [0.1, 0.15) is 5.75 Å². The normalized spacial score (nSPS) is 11.9. The van der Waals surface area contributed by atoms with E-state index in [0.29, 0.717) is 23.1 Å². The molecule has 0 radical (unpaired) electrons. The zero-order valence-electron chi connectivity index (χ0n) is 18.3. The van der Waals surface area contributed by atoms with E-state index in [-0.39, 0.29) is 24.2 Å². The Bertz CT molecular complexity index is 1290. The highest BCUT2D eigenvalue weighted by Gasteiger charge is 2.31. The molecule has 182 valence electrons. The molecule has 0 saturated carbocycles. The summed E-state index contributed by atoms with van der Waals surface area (Å²) >= 11 is 0. The van der Waals surface area contributed by atoms with Crippen LogP contribution in [-0.4, -0.2) is 32.4 Å². The van der Waals surface area contributed by atoms with Crippen molar-refractivity contribution in [1.29, 1.82) is 0 Å². The molecule has 0 aliphatic carbocycles. The Morgan fingerprint density at radius 1 is 1.00 bits per heavy atom. The molecule has 0 saturated heterocycles. The van der Waals surface area contributed by atoms with E-state index in [1.807, 2.05) is 0 Å². The van der Waals surface area contributed by atoms with Gasteiger partial charge in [0.15, 0.2) is 0 Å². The Morgan fingerprint density at radius 2 is 1.56 bits per heavy atom. The molecule has 34 heavy (non-hydrogen) atoms. The molecule has 6 nitrogen and oxygen atoms in total. The highest BCUT2D eigenvalue weighted by Crippen LogP contribution is 2.27. The first-order valence-corrected chi connectivity index (χ1v) is 11.6. The minimum Gasteiger partial charge on any atom is -0.478 e. The van der Waals surface area contributed by atoms with Crippen molar-refractivity contribution in [2.75, 3.05) is 6.54 Å².